The minimum absolute atomic E-state index is 0.278. The highest BCUT2D eigenvalue weighted by molar-refractivity contribution is 5.56. The summed E-state index contributed by atoms with van der Waals surface area (Å²) in [6, 6.07) is 5.87. The molecule has 1 atom stereocenters. The number of anilines is 1. The van der Waals surface area contributed by atoms with Gasteiger partial charge in [0.1, 0.15) is 5.75 Å². The summed E-state index contributed by atoms with van der Waals surface area (Å²) in [5.41, 5.74) is 2.23. The molecule has 0 spiro atoms. The average molecular weight is 179 g/mol. The molecule has 2 rings (SSSR count). The molecule has 0 aliphatic carbocycles. The molecule has 0 aromatic heterocycles. The van der Waals surface area contributed by atoms with Gasteiger partial charge in [-0.05, 0) is 23.8 Å². The summed E-state index contributed by atoms with van der Waals surface area (Å²) in [6.45, 7) is 0.638. The summed E-state index contributed by atoms with van der Waals surface area (Å²) < 4.78 is 5.11. The average Bonchev–Trinajstić information content (AvgIpc) is 2.16. The number of aliphatic hydroxyl groups excluding tert-OH is 1. The lowest BCUT2D eigenvalue weighted by Gasteiger charge is -2.22. The van der Waals surface area contributed by atoms with Crippen LogP contribution in [0.25, 0.3) is 0 Å². The number of methoxy groups -OCH3 is 1. The van der Waals surface area contributed by atoms with E-state index in [2.05, 4.69) is 5.32 Å². The van der Waals surface area contributed by atoms with Crippen LogP contribution in [-0.4, -0.2) is 24.9 Å². The first-order valence-electron chi connectivity index (χ1n) is 4.38. The standard InChI is InChI=1S/C10H13NO2/c1-13-9-2-3-10-7(5-9)4-8(12)6-11-10/h2-3,5,8,11-12H,4,6H2,1H3/t8-/m0/s1. The highest BCUT2D eigenvalue weighted by Crippen LogP contribution is 2.26. The van der Waals surface area contributed by atoms with E-state index in [0.29, 0.717) is 13.0 Å². The van der Waals surface area contributed by atoms with Crippen LogP contribution >= 0.6 is 0 Å². The molecule has 0 saturated carbocycles. The number of hydrogen-bond acceptors (Lipinski definition) is 3. The Bertz CT molecular complexity index is 312. The van der Waals surface area contributed by atoms with Crippen LogP contribution in [-0.2, 0) is 6.42 Å². The molecule has 1 aliphatic rings. The van der Waals surface area contributed by atoms with Gasteiger partial charge >= 0.3 is 0 Å². The lowest BCUT2D eigenvalue weighted by molar-refractivity contribution is 0.184. The normalized spacial score (nSPS) is 20.3. The summed E-state index contributed by atoms with van der Waals surface area (Å²) in [7, 11) is 1.65. The van der Waals surface area contributed by atoms with Crippen molar-refractivity contribution in [2.45, 2.75) is 12.5 Å². The van der Waals surface area contributed by atoms with Crippen molar-refractivity contribution in [3.63, 3.8) is 0 Å². The molecule has 0 saturated heterocycles. The number of benzene rings is 1. The molecule has 3 nitrogen and oxygen atoms in total. The highest BCUT2D eigenvalue weighted by Gasteiger charge is 2.15. The van der Waals surface area contributed by atoms with Crippen molar-refractivity contribution in [1.82, 2.24) is 0 Å². The van der Waals surface area contributed by atoms with Gasteiger partial charge in [0, 0.05) is 18.7 Å². The van der Waals surface area contributed by atoms with E-state index in [1.165, 1.54) is 0 Å². The van der Waals surface area contributed by atoms with E-state index in [1.807, 2.05) is 18.2 Å². The van der Waals surface area contributed by atoms with Crippen molar-refractivity contribution < 1.29 is 9.84 Å². The van der Waals surface area contributed by atoms with Gasteiger partial charge in [-0.25, -0.2) is 0 Å². The molecule has 3 heteroatoms. The van der Waals surface area contributed by atoms with Gasteiger partial charge in [0.2, 0.25) is 0 Å². The molecule has 0 radical (unpaired) electrons. The Morgan fingerprint density at radius 3 is 3.15 bits per heavy atom. The van der Waals surface area contributed by atoms with Gasteiger partial charge in [-0.1, -0.05) is 0 Å². The molecular weight excluding hydrogens is 166 g/mol. The van der Waals surface area contributed by atoms with Crippen molar-refractivity contribution >= 4 is 5.69 Å². The maximum Gasteiger partial charge on any atom is 0.119 e. The summed E-state index contributed by atoms with van der Waals surface area (Å²) >= 11 is 0. The monoisotopic (exact) mass is 179 g/mol. The van der Waals surface area contributed by atoms with Crippen LogP contribution in [0.2, 0.25) is 0 Å². The van der Waals surface area contributed by atoms with Gasteiger partial charge in [-0.15, -0.1) is 0 Å². The fourth-order valence-corrected chi connectivity index (χ4v) is 1.59. The Labute approximate surface area is 77.3 Å². The molecule has 1 aliphatic heterocycles. The number of fused-ring (bicyclic) bond motifs is 1. The number of ether oxygens (including phenoxy) is 1. The Hall–Kier alpha value is -1.22. The third-order valence-electron chi connectivity index (χ3n) is 2.30. The van der Waals surface area contributed by atoms with Crippen molar-refractivity contribution in [3.8, 4) is 5.75 Å². The molecule has 1 heterocycles. The minimum atomic E-state index is -0.278. The minimum Gasteiger partial charge on any atom is -0.497 e. The number of nitrogens with one attached hydrogen (secondary N) is 1. The quantitative estimate of drug-likeness (QED) is 0.676. The summed E-state index contributed by atoms with van der Waals surface area (Å²) in [4.78, 5) is 0. The second-order valence-corrected chi connectivity index (χ2v) is 3.26. The predicted molar refractivity (Wildman–Crippen MR) is 51.2 cm³/mol. The van der Waals surface area contributed by atoms with E-state index in [0.717, 1.165) is 17.0 Å². The first-order valence-corrected chi connectivity index (χ1v) is 4.38. The molecule has 0 fully saturated rings. The van der Waals surface area contributed by atoms with E-state index >= 15 is 0 Å². The zero-order chi connectivity index (χ0) is 9.26. The molecular formula is C10H13NO2. The maximum atomic E-state index is 9.42. The van der Waals surface area contributed by atoms with Gasteiger partial charge in [0.25, 0.3) is 0 Å². The van der Waals surface area contributed by atoms with Gasteiger partial charge < -0.3 is 15.2 Å². The lowest BCUT2D eigenvalue weighted by atomic mass is 10.0. The molecule has 0 unspecified atom stereocenters. The van der Waals surface area contributed by atoms with E-state index in [-0.39, 0.29) is 6.10 Å². The molecule has 1 aromatic rings. The van der Waals surface area contributed by atoms with Crippen LogP contribution in [0.1, 0.15) is 5.56 Å². The molecule has 1 aromatic carbocycles. The zero-order valence-electron chi connectivity index (χ0n) is 7.58. The van der Waals surface area contributed by atoms with Gasteiger partial charge in [0.05, 0.1) is 13.2 Å². The smallest absolute Gasteiger partial charge is 0.119 e. The van der Waals surface area contributed by atoms with Crippen LogP contribution in [0.4, 0.5) is 5.69 Å². The fraction of sp³-hybridized carbons (Fsp3) is 0.400. The van der Waals surface area contributed by atoms with Crippen molar-refractivity contribution in [2.24, 2.45) is 0 Å². The van der Waals surface area contributed by atoms with E-state index in [9.17, 15) is 5.11 Å². The second-order valence-electron chi connectivity index (χ2n) is 3.26. The van der Waals surface area contributed by atoms with Crippen molar-refractivity contribution in [3.05, 3.63) is 23.8 Å². The predicted octanol–water partition coefficient (Wildman–Crippen LogP) is 1.02. The third-order valence-corrected chi connectivity index (χ3v) is 2.30. The van der Waals surface area contributed by atoms with Crippen LogP contribution in [0.5, 0.6) is 5.75 Å². The van der Waals surface area contributed by atoms with E-state index in [4.69, 9.17) is 4.74 Å². The molecule has 2 N–H and O–H groups in total. The molecule has 0 amide bonds. The van der Waals surface area contributed by atoms with Crippen molar-refractivity contribution in [2.75, 3.05) is 19.0 Å². The Balaban J connectivity index is 2.32. The summed E-state index contributed by atoms with van der Waals surface area (Å²) in [6.07, 6.45) is 0.430. The summed E-state index contributed by atoms with van der Waals surface area (Å²) in [5.74, 6) is 0.842. The Morgan fingerprint density at radius 1 is 1.54 bits per heavy atom. The Morgan fingerprint density at radius 2 is 2.38 bits per heavy atom. The SMILES string of the molecule is COc1ccc2c(c1)C[C@H](O)CN2. The van der Waals surface area contributed by atoms with Crippen LogP contribution in [0.3, 0.4) is 0 Å². The lowest BCUT2D eigenvalue weighted by Crippen LogP contribution is -2.27. The van der Waals surface area contributed by atoms with E-state index < -0.39 is 0 Å². The van der Waals surface area contributed by atoms with Gasteiger partial charge in [0.15, 0.2) is 0 Å². The van der Waals surface area contributed by atoms with Crippen LogP contribution in [0, 0.1) is 0 Å². The van der Waals surface area contributed by atoms with Gasteiger partial charge in [-0.2, -0.15) is 0 Å². The number of hydrogen-bond donors (Lipinski definition) is 2. The van der Waals surface area contributed by atoms with Crippen LogP contribution in [0.15, 0.2) is 18.2 Å². The summed E-state index contributed by atoms with van der Waals surface area (Å²) in [5, 5.41) is 12.6. The highest BCUT2D eigenvalue weighted by atomic mass is 16.5. The zero-order valence-corrected chi connectivity index (χ0v) is 7.58. The number of aliphatic hydroxyl groups is 1. The number of rotatable bonds is 1. The molecule has 70 valence electrons. The maximum absolute atomic E-state index is 9.42. The number of β-amino-alcohol motifs (C(OH)–C–C–N with tert-alkyl or cyclic N) is 1. The topological polar surface area (TPSA) is 41.5 Å². The first kappa shape index (κ1) is 8.38. The molecule has 13 heavy (non-hydrogen) atoms. The third kappa shape index (κ3) is 1.60. The second kappa shape index (κ2) is 3.26. The van der Waals surface area contributed by atoms with E-state index in [1.54, 1.807) is 7.11 Å². The largest absolute Gasteiger partial charge is 0.497 e. The Kier molecular flexibility index (Phi) is 2.10. The van der Waals surface area contributed by atoms with Crippen LogP contribution < -0.4 is 10.1 Å². The fourth-order valence-electron chi connectivity index (χ4n) is 1.59. The molecule has 0 bridgehead atoms. The first-order chi connectivity index (χ1) is 6.29. The van der Waals surface area contributed by atoms with Gasteiger partial charge in [-0.3, -0.25) is 0 Å². The van der Waals surface area contributed by atoms with Crippen molar-refractivity contribution in [1.29, 1.82) is 0 Å².